The minimum absolute atomic E-state index is 0.0856. The van der Waals surface area contributed by atoms with Gasteiger partial charge in [-0.15, -0.1) is 0 Å². The van der Waals surface area contributed by atoms with Crippen molar-refractivity contribution in [2.24, 2.45) is 0 Å². The van der Waals surface area contributed by atoms with Gasteiger partial charge in [-0.25, -0.2) is 14.2 Å². The van der Waals surface area contributed by atoms with Crippen LogP contribution in [0.3, 0.4) is 0 Å². The van der Waals surface area contributed by atoms with E-state index in [1.807, 2.05) is 0 Å². The molecular weight excluding hydrogens is 265 g/mol. The molecule has 2 aromatic rings. The molecule has 1 aromatic carbocycles. The first kappa shape index (κ1) is 13.8. The van der Waals surface area contributed by atoms with E-state index in [9.17, 15) is 9.18 Å². The first-order chi connectivity index (χ1) is 9.61. The van der Waals surface area contributed by atoms with E-state index in [2.05, 4.69) is 4.98 Å². The number of carbonyl (C=O) groups is 1. The predicted octanol–water partition coefficient (Wildman–Crippen LogP) is 3.11. The second-order valence-corrected chi connectivity index (χ2v) is 3.79. The summed E-state index contributed by atoms with van der Waals surface area (Å²) in [6.45, 7) is 2.19. The van der Waals surface area contributed by atoms with Gasteiger partial charge in [-0.1, -0.05) is 0 Å². The van der Waals surface area contributed by atoms with Crippen LogP contribution in [0.5, 0.6) is 17.4 Å². The second kappa shape index (κ2) is 6.01. The number of aromatic carboxylic acids is 1. The molecule has 1 heterocycles. The Kier molecular flexibility index (Phi) is 4.14. The lowest BCUT2D eigenvalue weighted by molar-refractivity contribution is 0.0694. The van der Waals surface area contributed by atoms with Crippen LogP contribution in [0.1, 0.15) is 17.3 Å². The van der Waals surface area contributed by atoms with Gasteiger partial charge in [0.25, 0.3) is 5.88 Å². The van der Waals surface area contributed by atoms with Gasteiger partial charge in [0.05, 0.1) is 6.61 Å². The van der Waals surface area contributed by atoms with Gasteiger partial charge in [0.15, 0.2) is 5.75 Å². The number of carboxylic acids is 1. The molecule has 0 fully saturated rings. The summed E-state index contributed by atoms with van der Waals surface area (Å²) in [7, 11) is 0. The molecule has 0 atom stereocenters. The van der Waals surface area contributed by atoms with Crippen LogP contribution in [0, 0.1) is 5.82 Å². The molecule has 0 radical (unpaired) electrons. The van der Waals surface area contributed by atoms with Gasteiger partial charge in [-0.2, -0.15) is 0 Å². The molecule has 2 rings (SSSR count). The van der Waals surface area contributed by atoms with Crippen molar-refractivity contribution in [1.29, 1.82) is 0 Å². The van der Waals surface area contributed by atoms with E-state index < -0.39 is 11.8 Å². The van der Waals surface area contributed by atoms with Crippen molar-refractivity contribution in [2.45, 2.75) is 6.92 Å². The number of rotatable bonds is 5. The third-order valence-electron chi connectivity index (χ3n) is 2.42. The van der Waals surface area contributed by atoms with Gasteiger partial charge < -0.3 is 14.6 Å². The standard InChI is InChI=1S/C14H12FNO4/c1-2-19-11-4-3-7-16-13(11)20-12-8-9(15)5-6-10(12)14(17)18/h3-8H,2H2,1H3,(H,17,18). The number of pyridine rings is 1. The Bertz CT molecular complexity index is 630. The van der Waals surface area contributed by atoms with Crippen molar-refractivity contribution in [2.75, 3.05) is 6.61 Å². The van der Waals surface area contributed by atoms with Crippen LogP contribution in [0.2, 0.25) is 0 Å². The largest absolute Gasteiger partial charge is 0.488 e. The van der Waals surface area contributed by atoms with E-state index in [1.165, 1.54) is 6.20 Å². The van der Waals surface area contributed by atoms with Crippen LogP contribution in [0.25, 0.3) is 0 Å². The SMILES string of the molecule is CCOc1cccnc1Oc1cc(F)ccc1C(=O)O. The molecule has 0 saturated heterocycles. The summed E-state index contributed by atoms with van der Waals surface area (Å²) in [5.41, 5.74) is -0.153. The van der Waals surface area contributed by atoms with Crippen LogP contribution in [0.15, 0.2) is 36.5 Å². The second-order valence-electron chi connectivity index (χ2n) is 3.79. The summed E-state index contributed by atoms with van der Waals surface area (Å²) in [6, 6.07) is 6.47. The Morgan fingerprint density at radius 3 is 2.85 bits per heavy atom. The van der Waals surface area contributed by atoms with Crippen molar-refractivity contribution in [3.63, 3.8) is 0 Å². The maximum absolute atomic E-state index is 13.2. The van der Waals surface area contributed by atoms with Crippen LogP contribution < -0.4 is 9.47 Å². The van der Waals surface area contributed by atoms with Crippen LogP contribution in [-0.2, 0) is 0 Å². The van der Waals surface area contributed by atoms with Gasteiger partial charge >= 0.3 is 5.97 Å². The molecule has 1 N–H and O–H groups in total. The zero-order chi connectivity index (χ0) is 14.5. The number of carboxylic acid groups (broad SMARTS) is 1. The fourth-order valence-electron chi connectivity index (χ4n) is 1.58. The fraction of sp³-hybridized carbons (Fsp3) is 0.143. The number of hydrogen-bond donors (Lipinski definition) is 1. The van der Waals surface area contributed by atoms with Gasteiger partial charge in [0.1, 0.15) is 17.1 Å². The number of aromatic nitrogens is 1. The van der Waals surface area contributed by atoms with Crippen LogP contribution in [-0.4, -0.2) is 22.7 Å². The quantitative estimate of drug-likeness (QED) is 0.909. The molecule has 0 spiro atoms. The van der Waals surface area contributed by atoms with E-state index >= 15 is 0 Å². The summed E-state index contributed by atoms with van der Waals surface area (Å²) in [5.74, 6) is -1.50. The Hall–Kier alpha value is -2.63. The molecule has 5 nitrogen and oxygen atoms in total. The lowest BCUT2D eigenvalue weighted by Gasteiger charge is -2.11. The average molecular weight is 277 g/mol. The summed E-state index contributed by atoms with van der Waals surface area (Å²) in [4.78, 5) is 15.0. The summed E-state index contributed by atoms with van der Waals surface area (Å²) < 4.78 is 23.9. The molecular formula is C14H12FNO4. The fourth-order valence-corrected chi connectivity index (χ4v) is 1.58. The van der Waals surface area contributed by atoms with Crippen molar-refractivity contribution < 1.29 is 23.8 Å². The van der Waals surface area contributed by atoms with E-state index in [-0.39, 0.29) is 17.2 Å². The van der Waals surface area contributed by atoms with Gasteiger partial charge in [-0.05, 0) is 31.2 Å². The molecule has 0 unspecified atom stereocenters. The maximum Gasteiger partial charge on any atom is 0.339 e. The van der Waals surface area contributed by atoms with Crippen molar-refractivity contribution >= 4 is 5.97 Å². The zero-order valence-electron chi connectivity index (χ0n) is 10.7. The molecule has 0 saturated carbocycles. The number of ether oxygens (including phenoxy) is 2. The molecule has 0 amide bonds. The molecule has 0 aliphatic rings. The van der Waals surface area contributed by atoms with Crippen LogP contribution >= 0.6 is 0 Å². The van der Waals surface area contributed by atoms with Crippen molar-refractivity contribution in [1.82, 2.24) is 4.98 Å². The van der Waals surface area contributed by atoms with Crippen LogP contribution in [0.4, 0.5) is 4.39 Å². The highest BCUT2D eigenvalue weighted by atomic mass is 19.1. The van der Waals surface area contributed by atoms with Gasteiger partial charge in [-0.3, -0.25) is 0 Å². The first-order valence-corrected chi connectivity index (χ1v) is 5.90. The number of halogens is 1. The third kappa shape index (κ3) is 3.03. The Balaban J connectivity index is 2.39. The van der Waals surface area contributed by atoms with E-state index in [4.69, 9.17) is 14.6 Å². The Morgan fingerprint density at radius 2 is 2.15 bits per heavy atom. The van der Waals surface area contributed by atoms with Gasteiger partial charge in [0.2, 0.25) is 0 Å². The normalized spacial score (nSPS) is 10.1. The van der Waals surface area contributed by atoms with E-state index in [0.29, 0.717) is 12.4 Å². The molecule has 1 aromatic heterocycles. The Morgan fingerprint density at radius 1 is 1.35 bits per heavy atom. The minimum Gasteiger partial charge on any atom is -0.488 e. The van der Waals surface area contributed by atoms with Crippen molar-refractivity contribution in [3.8, 4) is 17.4 Å². The van der Waals surface area contributed by atoms with E-state index in [1.54, 1.807) is 19.1 Å². The van der Waals surface area contributed by atoms with Crippen molar-refractivity contribution in [3.05, 3.63) is 47.9 Å². The first-order valence-electron chi connectivity index (χ1n) is 5.90. The van der Waals surface area contributed by atoms with E-state index in [0.717, 1.165) is 18.2 Å². The zero-order valence-corrected chi connectivity index (χ0v) is 10.7. The van der Waals surface area contributed by atoms with Gasteiger partial charge in [0, 0.05) is 12.3 Å². The monoisotopic (exact) mass is 277 g/mol. The molecule has 104 valence electrons. The number of nitrogens with zero attached hydrogens (tertiary/aromatic N) is 1. The maximum atomic E-state index is 13.2. The molecule has 0 bridgehead atoms. The number of benzene rings is 1. The lowest BCUT2D eigenvalue weighted by Crippen LogP contribution is -2.02. The summed E-state index contributed by atoms with van der Waals surface area (Å²) in [5, 5.41) is 9.05. The average Bonchev–Trinajstić information content (AvgIpc) is 2.41. The number of hydrogen-bond acceptors (Lipinski definition) is 4. The highest BCUT2D eigenvalue weighted by molar-refractivity contribution is 5.90. The third-order valence-corrected chi connectivity index (χ3v) is 2.42. The highest BCUT2D eigenvalue weighted by Crippen LogP contribution is 2.31. The Labute approximate surface area is 114 Å². The summed E-state index contributed by atoms with van der Waals surface area (Å²) >= 11 is 0. The summed E-state index contributed by atoms with van der Waals surface area (Å²) in [6.07, 6.45) is 1.47. The molecule has 0 aliphatic heterocycles. The highest BCUT2D eigenvalue weighted by Gasteiger charge is 2.15. The topological polar surface area (TPSA) is 68.7 Å². The molecule has 0 aliphatic carbocycles. The minimum atomic E-state index is -1.21. The molecule has 6 heteroatoms. The molecule has 20 heavy (non-hydrogen) atoms. The predicted molar refractivity (Wildman–Crippen MR) is 68.8 cm³/mol. The smallest absolute Gasteiger partial charge is 0.339 e. The lowest BCUT2D eigenvalue weighted by atomic mass is 10.2.